The van der Waals surface area contributed by atoms with E-state index in [1.54, 1.807) is 45.0 Å². The minimum Gasteiger partial charge on any atom is -0.423 e. The highest BCUT2D eigenvalue weighted by Gasteiger charge is 2.24. The highest BCUT2D eigenvalue weighted by atomic mass is 16.6. The van der Waals surface area contributed by atoms with Crippen molar-refractivity contribution in [3.63, 3.8) is 0 Å². The van der Waals surface area contributed by atoms with Gasteiger partial charge >= 0.3 is 11.9 Å². The maximum atomic E-state index is 11.7. The summed E-state index contributed by atoms with van der Waals surface area (Å²) in [7, 11) is 0. The van der Waals surface area contributed by atoms with Crippen molar-refractivity contribution in [1.29, 1.82) is 0 Å². The van der Waals surface area contributed by atoms with E-state index >= 15 is 0 Å². The van der Waals surface area contributed by atoms with Gasteiger partial charge in [0.1, 0.15) is 0 Å². The normalized spacial score (nSPS) is 10.8. The third-order valence-electron chi connectivity index (χ3n) is 1.92. The van der Waals surface area contributed by atoms with E-state index in [9.17, 15) is 9.59 Å². The molecule has 0 radical (unpaired) electrons. The van der Waals surface area contributed by atoms with Gasteiger partial charge in [0.05, 0.1) is 5.41 Å². The van der Waals surface area contributed by atoms with Crippen molar-refractivity contribution in [2.45, 2.75) is 27.7 Å². The molecule has 0 saturated heterocycles. The van der Waals surface area contributed by atoms with Crippen LogP contribution in [0.15, 0.2) is 24.3 Å². The summed E-state index contributed by atoms with van der Waals surface area (Å²) in [6, 6.07) is 6.57. The standard InChI is InChI=1S/C13H16O4/c1-9(14)16-10-7-5-6-8-11(10)17-12(15)13(2,3)4/h5-8H,1-4H3. The number of benzene rings is 1. The minimum atomic E-state index is -0.608. The summed E-state index contributed by atoms with van der Waals surface area (Å²) < 4.78 is 10.1. The van der Waals surface area contributed by atoms with Crippen molar-refractivity contribution in [2.75, 3.05) is 0 Å². The summed E-state index contributed by atoms with van der Waals surface area (Å²) in [6.45, 7) is 6.56. The number of para-hydroxylation sites is 2. The molecule has 0 aliphatic rings. The van der Waals surface area contributed by atoms with E-state index in [0.717, 1.165) is 0 Å². The van der Waals surface area contributed by atoms with Gasteiger partial charge in [0, 0.05) is 6.92 Å². The summed E-state index contributed by atoms with van der Waals surface area (Å²) in [5.74, 6) is -0.332. The molecule has 0 aliphatic carbocycles. The van der Waals surface area contributed by atoms with E-state index in [1.807, 2.05) is 0 Å². The van der Waals surface area contributed by atoms with Gasteiger partial charge in [-0.05, 0) is 32.9 Å². The van der Waals surface area contributed by atoms with Crippen LogP contribution in [0.4, 0.5) is 0 Å². The molecule has 17 heavy (non-hydrogen) atoms. The van der Waals surface area contributed by atoms with Gasteiger partial charge < -0.3 is 9.47 Å². The van der Waals surface area contributed by atoms with Crippen LogP contribution in [0.5, 0.6) is 11.5 Å². The lowest BCUT2D eigenvalue weighted by molar-refractivity contribution is -0.143. The molecule has 0 amide bonds. The molecular weight excluding hydrogens is 220 g/mol. The van der Waals surface area contributed by atoms with Crippen LogP contribution in [0.1, 0.15) is 27.7 Å². The van der Waals surface area contributed by atoms with E-state index in [4.69, 9.17) is 9.47 Å². The molecule has 0 saturated carbocycles. The number of carbonyl (C=O) groups is 2. The number of hydrogen-bond donors (Lipinski definition) is 0. The summed E-state index contributed by atoms with van der Waals surface area (Å²) in [5, 5.41) is 0. The highest BCUT2D eigenvalue weighted by molar-refractivity contribution is 5.79. The van der Waals surface area contributed by atoms with Gasteiger partial charge in [0.25, 0.3) is 0 Å². The van der Waals surface area contributed by atoms with Gasteiger partial charge in [-0.2, -0.15) is 0 Å². The second kappa shape index (κ2) is 4.99. The van der Waals surface area contributed by atoms with Crippen molar-refractivity contribution in [3.05, 3.63) is 24.3 Å². The first-order valence-electron chi connectivity index (χ1n) is 5.30. The molecule has 0 aromatic heterocycles. The second-order valence-electron chi connectivity index (χ2n) is 4.68. The average Bonchev–Trinajstić information content (AvgIpc) is 2.18. The molecule has 1 aromatic rings. The van der Waals surface area contributed by atoms with Crippen LogP contribution in [0, 0.1) is 5.41 Å². The molecule has 0 unspecified atom stereocenters. The van der Waals surface area contributed by atoms with Gasteiger partial charge in [-0.25, -0.2) is 0 Å². The third-order valence-corrected chi connectivity index (χ3v) is 1.92. The van der Waals surface area contributed by atoms with Crippen molar-refractivity contribution < 1.29 is 19.1 Å². The molecule has 0 atom stereocenters. The van der Waals surface area contributed by atoms with Crippen LogP contribution in [-0.2, 0) is 9.59 Å². The minimum absolute atomic E-state index is 0.248. The molecule has 0 fully saturated rings. The Morgan fingerprint density at radius 3 is 1.88 bits per heavy atom. The third kappa shape index (κ3) is 3.90. The second-order valence-corrected chi connectivity index (χ2v) is 4.68. The van der Waals surface area contributed by atoms with Crippen molar-refractivity contribution in [3.8, 4) is 11.5 Å². The van der Waals surface area contributed by atoms with Gasteiger partial charge in [-0.3, -0.25) is 9.59 Å². The van der Waals surface area contributed by atoms with Crippen LogP contribution in [0.3, 0.4) is 0 Å². The Morgan fingerprint density at radius 1 is 1.00 bits per heavy atom. The van der Waals surface area contributed by atoms with Gasteiger partial charge in [0.2, 0.25) is 0 Å². The van der Waals surface area contributed by atoms with E-state index in [1.165, 1.54) is 6.92 Å². The molecule has 1 aromatic carbocycles. The fourth-order valence-corrected chi connectivity index (χ4v) is 1.03. The van der Waals surface area contributed by atoms with Crippen LogP contribution in [0.25, 0.3) is 0 Å². The van der Waals surface area contributed by atoms with E-state index in [-0.39, 0.29) is 17.5 Å². The van der Waals surface area contributed by atoms with Gasteiger partial charge in [-0.1, -0.05) is 12.1 Å². The van der Waals surface area contributed by atoms with Gasteiger partial charge in [0.15, 0.2) is 11.5 Å². The van der Waals surface area contributed by atoms with Crippen molar-refractivity contribution in [2.24, 2.45) is 5.41 Å². The SMILES string of the molecule is CC(=O)Oc1ccccc1OC(=O)C(C)(C)C. The van der Waals surface area contributed by atoms with Crippen LogP contribution in [0.2, 0.25) is 0 Å². The van der Waals surface area contributed by atoms with E-state index in [0.29, 0.717) is 0 Å². The first-order chi connectivity index (χ1) is 7.80. The maximum Gasteiger partial charge on any atom is 0.316 e. The van der Waals surface area contributed by atoms with E-state index in [2.05, 4.69) is 0 Å². The van der Waals surface area contributed by atoms with Crippen molar-refractivity contribution in [1.82, 2.24) is 0 Å². The lowest BCUT2D eigenvalue weighted by atomic mass is 9.97. The fraction of sp³-hybridized carbons (Fsp3) is 0.385. The number of rotatable bonds is 2. The molecule has 0 spiro atoms. The highest BCUT2D eigenvalue weighted by Crippen LogP contribution is 2.28. The monoisotopic (exact) mass is 236 g/mol. The summed E-state index contributed by atoms with van der Waals surface area (Å²) in [5.41, 5.74) is -0.608. The Balaban J connectivity index is 2.91. The molecular formula is C13H16O4. The summed E-state index contributed by atoms with van der Waals surface area (Å²) in [6.07, 6.45) is 0. The Morgan fingerprint density at radius 2 is 1.47 bits per heavy atom. The molecule has 1 rings (SSSR count). The first kappa shape index (κ1) is 13.2. The number of hydrogen-bond acceptors (Lipinski definition) is 4. The smallest absolute Gasteiger partial charge is 0.316 e. The Kier molecular flexibility index (Phi) is 3.89. The zero-order valence-electron chi connectivity index (χ0n) is 10.4. The zero-order chi connectivity index (χ0) is 13.1. The maximum absolute atomic E-state index is 11.7. The number of esters is 2. The Hall–Kier alpha value is -1.84. The molecule has 92 valence electrons. The van der Waals surface area contributed by atoms with Crippen molar-refractivity contribution >= 4 is 11.9 Å². The van der Waals surface area contributed by atoms with Crippen LogP contribution >= 0.6 is 0 Å². The Bertz CT molecular complexity index is 429. The molecule has 0 heterocycles. The molecule has 0 N–H and O–H groups in total. The Labute approximate surface area is 101 Å². The fourth-order valence-electron chi connectivity index (χ4n) is 1.03. The molecule has 0 bridgehead atoms. The summed E-state index contributed by atoms with van der Waals surface area (Å²) >= 11 is 0. The molecule has 4 heteroatoms. The van der Waals surface area contributed by atoms with E-state index < -0.39 is 11.4 Å². The first-order valence-corrected chi connectivity index (χ1v) is 5.30. The lowest BCUT2D eigenvalue weighted by Crippen LogP contribution is -2.25. The number of carbonyl (C=O) groups excluding carboxylic acids is 2. The molecule has 0 aliphatic heterocycles. The quantitative estimate of drug-likeness (QED) is 0.585. The van der Waals surface area contributed by atoms with Crippen LogP contribution in [-0.4, -0.2) is 11.9 Å². The number of ether oxygens (including phenoxy) is 2. The topological polar surface area (TPSA) is 52.6 Å². The van der Waals surface area contributed by atoms with Crippen LogP contribution < -0.4 is 9.47 Å². The summed E-state index contributed by atoms with van der Waals surface area (Å²) in [4.78, 5) is 22.6. The molecule has 4 nitrogen and oxygen atoms in total. The average molecular weight is 236 g/mol. The predicted octanol–water partition coefficient (Wildman–Crippen LogP) is 2.56. The largest absolute Gasteiger partial charge is 0.423 e. The van der Waals surface area contributed by atoms with Gasteiger partial charge in [-0.15, -0.1) is 0 Å². The lowest BCUT2D eigenvalue weighted by Gasteiger charge is -2.17. The zero-order valence-corrected chi connectivity index (χ0v) is 10.4. The predicted molar refractivity (Wildman–Crippen MR) is 62.8 cm³/mol.